The smallest absolute Gasteiger partial charge is 0.261 e. The fourth-order valence-corrected chi connectivity index (χ4v) is 6.50. The Morgan fingerprint density at radius 1 is 1.00 bits per heavy atom. The molecule has 0 saturated carbocycles. The second-order valence-electron chi connectivity index (χ2n) is 11.7. The van der Waals surface area contributed by atoms with Crippen LogP contribution >= 0.6 is 0 Å². The van der Waals surface area contributed by atoms with Gasteiger partial charge in [-0.25, -0.2) is 12.8 Å². The third-order valence-electron chi connectivity index (χ3n) is 8.05. The van der Waals surface area contributed by atoms with E-state index < -0.39 is 21.9 Å². The average molecular weight is 632 g/mol. The molecule has 0 saturated heterocycles. The van der Waals surface area contributed by atoms with Crippen LogP contribution in [-0.4, -0.2) is 68.1 Å². The minimum atomic E-state index is -4.04. The Balaban J connectivity index is 1.36. The molecule has 2 N–H and O–H groups in total. The Labute approximate surface area is 264 Å². The first-order valence-corrected chi connectivity index (χ1v) is 16.4. The Morgan fingerprint density at radius 2 is 1.67 bits per heavy atom. The van der Waals surface area contributed by atoms with Crippen molar-refractivity contribution in [3.63, 3.8) is 0 Å². The van der Waals surface area contributed by atoms with Crippen molar-refractivity contribution >= 4 is 21.6 Å². The van der Waals surface area contributed by atoms with E-state index in [2.05, 4.69) is 46.0 Å². The molecule has 4 aromatic carbocycles. The lowest BCUT2D eigenvalue weighted by Gasteiger charge is -2.38. The number of fused-ring (bicyclic) bond motifs is 1. The summed E-state index contributed by atoms with van der Waals surface area (Å²) in [4.78, 5) is 17.4. The summed E-state index contributed by atoms with van der Waals surface area (Å²) in [6.07, 6.45) is -0.305. The van der Waals surface area contributed by atoms with Crippen molar-refractivity contribution in [2.24, 2.45) is 5.92 Å². The minimum absolute atomic E-state index is 0.0735. The predicted molar refractivity (Wildman–Crippen MR) is 173 cm³/mol. The van der Waals surface area contributed by atoms with Gasteiger partial charge in [0.1, 0.15) is 17.7 Å². The van der Waals surface area contributed by atoms with E-state index in [4.69, 9.17) is 4.74 Å². The van der Waals surface area contributed by atoms with Crippen LogP contribution in [0.15, 0.2) is 102 Å². The molecule has 0 aromatic heterocycles. The zero-order valence-electron chi connectivity index (χ0n) is 25.6. The van der Waals surface area contributed by atoms with Crippen molar-refractivity contribution in [3.05, 3.63) is 114 Å². The maximum atomic E-state index is 13.8. The van der Waals surface area contributed by atoms with Crippen LogP contribution < -0.4 is 9.46 Å². The van der Waals surface area contributed by atoms with Gasteiger partial charge in [-0.15, -0.1) is 0 Å². The number of nitrogens with zero attached hydrogens (tertiary/aromatic N) is 2. The van der Waals surface area contributed by atoms with E-state index in [0.29, 0.717) is 25.4 Å². The molecule has 1 heterocycles. The lowest BCUT2D eigenvalue weighted by atomic mass is 9.99. The molecular formula is C35H38FN3O5S. The highest BCUT2D eigenvalue weighted by atomic mass is 32.2. The first kappa shape index (κ1) is 32.2. The molecule has 0 aliphatic carbocycles. The predicted octanol–water partition coefficient (Wildman–Crippen LogP) is 5.65. The maximum Gasteiger partial charge on any atom is 0.261 e. The van der Waals surface area contributed by atoms with E-state index in [1.807, 2.05) is 32.2 Å². The van der Waals surface area contributed by atoms with Gasteiger partial charge in [-0.3, -0.25) is 14.4 Å². The second-order valence-corrected chi connectivity index (χ2v) is 13.3. The van der Waals surface area contributed by atoms with Gasteiger partial charge in [-0.05, 0) is 73.1 Å². The highest BCUT2D eigenvalue weighted by Gasteiger charge is 2.33. The third kappa shape index (κ3) is 7.70. The van der Waals surface area contributed by atoms with Crippen molar-refractivity contribution in [1.82, 2.24) is 9.80 Å². The zero-order chi connectivity index (χ0) is 32.1. The molecule has 1 amide bonds. The lowest BCUT2D eigenvalue weighted by molar-refractivity contribution is 0.0341. The van der Waals surface area contributed by atoms with Crippen LogP contribution in [0.25, 0.3) is 11.1 Å². The van der Waals surface area contributed by atoms with Gasteiger partial charge in [-0.1, -0.05) is 61.5 Å². The molecule has 0 radical (unpaired) electrons. The maximum absolute atomic E-state index is 13.8. The summed E-state index contributed by atoms with van der Waals surface area (Å²) in [5.74, 6) is -0.662. The number of aliphatic hydroxyl groups excluding tert-OH is 1. The molecule has 0 bridgehead atoms. The van der Waals surface area contributed by atoms with Crippen molar-refractivity contribution in [3.8, 4) is 16.9 Å². The summed E-state index contributed by atoms with van der Waals surface area (Å²) in [5.41, 5.74) is 3.81. The first-order chi connectivity index (χ1) is 21.5. The largest absolute Gasteiger partial charge is 0.488 e. The molecule has 1 aliphatic heterocycles. The van der Waals surface area contributed by atoms with E-state index in [1.165, 1.54) is 24.3 Å². The fourth-order valence-electron chi connectivity index (χ4n) is 5.45. The average Bonchev–Trinajstić information content (AvgIpc) is 3.03. The molecule has 3 atom stereocenters. The van der Waals surface area contributed by atoms with Crippen molar-refractivity contribution < 1.29 is 27.4 Å². The van der Waals surface area contributed by atoms with Crippen LogP contribution in [-0.2, 0) is 16.6 Å². The normalized spacial score (nSPS) is 17.6. The van der Waals surface area contributed by atoms with Gasteiger partial charge in [0.05, 0.1) is 23.1 Å². The number of carbonyl (C=O) groups excluding carboxylic acids is 1. The number of halogens is 1. The van der Waals surface area contributed by atoms with E-state index in [1.54, 1.807) is 17.9 Å². The standard InChI is InChI=1S/C35H38FN3O5S/c1-24-20-39(25(2)23-40)35(41)32-19-30(37-45(42,43)31-16-13-29(36)14-17-31)15-18-33(32)44-34(24)22-38(3)21-26-9-11-28(12-10-26)27-7-5-4-6-8-27/h4-19,24-25,34,37,40H,20-23H2,1-3H3/t24-,25+,34+/m1/s1. The molecule has 0 spiro atoms. The van der Waals surface area contributed by atoms with Crippen LogP contribution in [0, 0.1) is 11.7 Å². The number of nitrogens with one attached hydrogen (secondary N) is 1. The molecule has 0 fully saturated rings. The van der Waals surface area contributed by atoms with Crippen LogP contribution in [0.1, 0.15) is 29.8 Å². The number of hydrogen-bond donors (Lipinski definition) is 2. The highest BCUT2D eigenvalue weighted by Crippen LogP contribution is 2.32. The van der Waals surface area contributed by atoms with Crippen LogP contribution in [0.4, 0.5) is 10.1 Å². The monoisotopic (exact) mass is 631 g/mol. The Hall–Kier alpha value is -4.25. The number of hydrogen-bond acceptors (Lipinski definition) is 6. The van der Waals surface area contributed by atoms with E-state index in [9.17, 15) is 22.7 Å². The second kappa shape index (κ2) is 13.8. The Kier molecular flexibility index (Phi) is 9.86. The number of carbonyl (C=O) groups is 1. The molecular weight excluding hydrogens is 593 g/mol. The number of likely N-dealkylation sites (N-methyl/N-ethyl adjacent to an activating group) is 1. The van der Waals surface area contributed by atoms with Gasteiger partial charge in [0.2, 0.25) is 0 Å². The van der Waals surface area contributed by atoms with Crippen molar-refractivity contribution in [2.45, 2.75) is 37.4 Å². The molecule has 8 nitrogen and oxygen atoms in total. The van der Waals surface area contributed by atoms with Crippen LogP contribution in [0.2, 0.25) is 0 Å². The van der Waals surface area contributed by atoms with Gasteiger partial charge < -0.3 is 14.7 Å². The van der Waals surface area contributed by atoms with Gasteiger partial charge in [0.15, 0.2) is 0 Å². The molecule has 0 unspecified atom stereocenters. The molecule has 45 heavy (non-hydrogen) atoms. The fraction of sp³-hybridized carbons (Fsp3) is 0.286. The van der Waals surface area contributed by atoms with Crippen molar-refractivity contribution in [2.75, 3.05) is 31.5 Å². The summed E-state index contributed by atoms with van der Waals surface area (Å²) in [6.45, 7) is 5.16. The minimum Gasteiger partial charge on any atom is -0.488 e. The zero-order valence-corrected chi connectivity index (χ0v) is 26.4. The van der Waals surface area contributed by atoms with Gasteiger partial charge in [0.25, 0.3) is 15.9 Å². The number of amides is 1. The molecule has 236 valence electrons. The summed E-state index contributed by atoms with van der Waals surface area (Å²) in [7, 11) is -2.02. The summed E-state index contributed by atoms with van der Waals surface area (Å²) in [5, 5.41) is 9.97. The third-order valence-corrected chi connectivity index (χ3v) is 9.44. The van der Waals surface area contributed by atoms with Gasteiger partial charge in [-0.2, -0.15) is 0 Å². The van der Waals surface area contributed by atoms with Gasteiger partial charge in [0, 0.05) is 31.2 Å². The van der Waals surface area contributed by atoms with E-state index >= 15 is 0 Å². The Morgan fingerprint density at radius 3 is 2.33 bits per heavy atom. The molecule has 5 rings (SSSR count). The van der Waals surface area contributed by atoms with Crippen LogP contribution in [0.5, 0.6) is 5.75 Å². The molecule has 4 aromatic rings. The molecule has 1 aliphatic rings. The number of anilines is 1. The number of ether oxygens (including phenoxy) is 1. The number of sulfonamides is 1. The quantitative estimate of drug-likeness (QED) is 0.235. The van der Waals surface area contributed by atoms with E-state index in [0.717, 1.165) is 28.8 Å². The highest BCUT2D eigenvalue weighted by molar-refractivity contribution is 7.92. The van der Waals surface area contributed by atoms with Gasteiger partial charge >= 0.3 is 0 Å². The topological polar surface area (TPSA) is 99.2 Å². The van der Waals surface area contributed by atoms with E-state index in [-0.39, 0.29) is 40.7 Å². The first-order valence-electron chi connectivity index (χ1n) is 14.9. The summed E-state index contributed by atoms with van der Waals surface area (Å²) >= 11 is 0. The summed E-state index contributed by atoms with van der Waals surface area (Å²) < 4.78 is 48.2. The van der Waals surface area contributed by atoms with Crippen molar-refractivity contribution in [1.29, 1.82) is 0 Å². The SMILES string of the molecule is C[C@@H]1CN([C@@H](C)CO)C(=O)c2cc(NS(=O)(=O)c3ccc(F)cc3)ccc2O[C@H]1CN(C)Cc1ccc(-c2ccccc2)cc1. The van der Waals surface area contributed by atoms with Crippen LogP contribution in [0.3, 0.4) is 0 Å². The Bertz CT molecular complexity index is 1720. The number of aliphatic hydroxyl groups is 1. The summed E-state index contributed by atoms with van der Waals surface area (Å²) in [6, 6.07) is 27.3. The number of rotatable bonds is 10. The lowest BCUT2D eigenvalue weighted by Crippen LogP contribution is -2.49. The number of benzene rings is 4. The molecule has 10 heteroatoms.